The summed E-state index contributed by atoms with van der Waals surface area (Å²) in [5.74, 6) is 0.673. The number of hydrogen-bond donors (Lipinski definition) is 0. The minimum atomic E-state index is -0.00880. The second-order valence-corrected chi connectivity index (χ2v) is 4.89. The molecule has 1 aromatic carbocycles. The van der Waals surface area contributed by atoms with E-state index in [0.29, 0.717) is 24.5 Å². The maximum Gasteiger partial charge on any atom is 0.254 e. The lowest BCUT2D eigenvalue weighted by Gasteiger charge is -2.24. The fraction of sp³-hybridized carbons (Fsp3) is 0.533. The van der Waals surface area contributed by atoms with E-state index in [0.717, 1.165) is 6.42 Å². The van der Waals surface area contributed by atoms with Crippen LogP contribution in [0, 0.1) is 0 Å². The minimum Gasteiger partial charge on any atom is -0.497 e. The van der Waals surface area contributed by atoms with Crippen molar-refractivity contribution in [2.24, 2.45) is 0 Å². The first kappa shape index (κ1) is 14.8. The lowest BCUT2D eigenvalue weighted by atomic mass is 10.1. The standard InChI is InChI=1S/C15H21NO4/c1-18-10-12-8-14(20-3)9-16(12)15(17)11-5-4-6-13(7-11)19-2/h4-7,12,14H,8-10H2,1-3H3/t12-,14+/m0/s1. The van der Waals surface area contributed by atoms with Crippen molar-refractivity contribution in [2.75, 3.05) is 34.5 Å². The average molecular weight is 279 g/mol. The van der Waals surface area contributed by atoms with E-state index in [4.69, 9.17) is 14.2 Å². The highest BCUT2D eigenvalue weighted by Crippen LogP contribution is 2.24. The maximum absolute atomic E-state index is 12.6. The molecule has 1 saturated heterocycles. The van der Waals surface area contributed by atoms with Gasteiger partial charge in [0, 0.05) is 26.3 Å². The molecule has 5 heteroatoms. The number of carbonyl (C=O) groups is 1. The van der Waals surface area contributed by atoms with Crippen LogP contribution < -0.4 is 4.74 Å². The Morgan fingerprint density at radius 3 is 2.80 bits per heavy atom. The predicted molar refractivity (Wildman–Crippen MR) is 75.1 cm³/mol. The second kappa shape index (κ2) is 6.72. The molecule has 0 saturated carbocycles. The van der Waals surface area contributed by atoms with E-state index >= 15 is 0 Å². The molecule has 1 aliphatic rings. The van der Waals surface area contributed by atoms with Crippen molar-refractivity contribution in [2.45, 2.75) is 18.6 Å². The van der Waals surface area contributed by atoms with Crippen LogP contribution in [-0.4, -0.2) is 57.4 Å². The van der Waals surface area contributed by atoms with Crippen LogP contribution in [0.1, 0.15) is 16.8 Å². The van der Waals surface area contributed by atoms with E-state index in [-0.39, 0.29) is 18.1 Å². The minimum absolute atomic E-state index is 0.00880. The molecule has 110 valence electrons. The van der Waals surface area contributed by atoms with Gasteiger partial charge in [-0.2, -0.15) is 0 Å². The van der Waals surface area contributed by atoms with Crippen LogP contribution in [0.3, 0.4) is 0 Å². The zero-order valence-electron chi connectivity index (χ0n) is 12.2. The number of hydrogen-bond acceptors (Lipinski definition) is 4. The molecule has 5 nitrogen and oxygen atoms in total. The van der Waals surface area contributed by atoms with Crippen molar-refractivity contribution in [3.05, 3.63) is 29.8 Å². The highest BCUT2D eigenvalue weighted by molar-refractivity contribution is 5.95. The number of carbonyl (C=O) groups excluding carboxylic acids is 1. The van der Waals surface area contributed by atoms with Gasteiger partial charge < -0.3 is 19.1 Å². The molecule has 1 aliphatic heterocycles. The summed E-state index contributed by atoms with van der Waals surface area (Å²) in [5.41, 5.74) is 0.627. The molecule has 1 aromatic rings. The monoisotopic (exact) mass is 279 g/mol. The maximum atomic E-state index is 12.6. The smallest absolute Gasteiger partial charge is 0.254 e. The Hall–Kier alpha value is -1.59. The van der Waals surface area contributed by atoms with E-state index in [2.05, 4.69) is 0 Å². The largest absolute Gasteiger partial charge is 0.497 e. The van der Waals surface area contributed by atoms with Gasteiger partial charge in [-0.05, 0) is 24.6 Å². The molecule has 2 rings (SSSR count). The molecular formula is C15H21NO4. The molecule has 0 radical (unpaired) electrons. The van der Waals surface area contributed by atoms with Gasteiger partial charge in [0.15, 0.2) is 0 Å². The van der Waals surface area contributed by atoms with Gasteiger partial charge in [-0.1, -0.05) is 6.07 Å². The molecule has 0 unspecified atom stereocenters. The van der Waals surface area contributed by atoms with Gasteiger partial charge in [0.2, 0.25) is 0 Å². The zero-order valence-corrected chi connectivity index (χ0v) is 12.2. The van der Waals surface area contributed by atoms with Crippen molar-refractivity contribution in [1.29, 1.82) is 0 Å². The first-order valence-electron chi connectivity index (χ1n) is 6.66. The SMILES string of the molecule is COC[C@@H]1C[C@@H](OC)CN1C(=O)c1cccc(OC)c1. The van der Waals surface area contributed by atoms with Gasteiger partial charge in [0.05, 0.1) is 25.9 Å². The first-order valence-corrected chi connectivity index (χ1v) is 6.66. The van der Waals surface area contributed by atoms with E-state index < -0.39 is 0 Å². The summed E-state index contributed by atoms with van der Waals surface area (Å²) in [4.78, 5) is 14.4. The lowest BCUT2D eigenvalue weighted by Crippen LogP contribution is -2.38. The Labute approximate surface area is 119 Å². The van der Waals surface area contributed by atoms with E-state index in [1.54, 1.807) is 33.5 Å². The number of benzene rings is 1. The third kappa shape index (κ3) is 3.11. The summed E-state index contributed by atoms with van der Waals surface area (Å²) >= 11 is 0. The quantitative estimate of drug-likeness (QED) is 0.821. The Morgan fingerprint density at radius 1 is 1.35 bits per heavy atom. The van der Waals surface area contributed by atoms with Gasteiger partial charge in [-0.3, -0.25) is 4.79 Å². The van der Waals surface area contributed by atoms with E-state index in [1.165, 1.54) is 0 Å². The van der Waals surface area contributed by atoms with Crippen LogP contribution >= 0.6 is 0 Å². The molecule has 1 fully saturated rings. The van der Waals surface area contributed by atoms with Crippen LogP contribution in [0.2, 0.25) is 0 Å². The molecule has 20 heavy (non-hydrogen) atoms. The van der Waals surface area contributed by atoms with Crippen molar-refractivity contribution >= 4 is 5.91 Å². The van der Waals surface area contributed by atoms with Crippen LogP contribution in [0.25, 0.3) is 0 Å². The van der Waals surface area contributed by atoms with Gasteiger partial charge in [0.25, 0.3) is 5.91 Å². The normalized spacial score (nSPS) is 22.1. The van der Waals surface area contributed by atoms with Gasteiger partial charge in [-0.15, -0.1) is 0 Å². The van der Waals surface area contributed by atoms with Crippen molar-refractivity contribution in [3.63, 3.8) is 0 Å². The van der Waals surface area contributed by atoms with Crippen LogP contribution in [0.15, 0.2) is 24.3 Å². The summed E-state index contributed by atoms with van der Waals surface area (Å²) in [7, 11) is 4.91. The van der Waals surface area contributed by atoms with Gasteiger partial charge in [-0.25, -0.2) is 0 Å². The fourth-order valence-corrected chi connectivity index (χ4v) is 2.57. The van der Waals surface area contributed by atoms with E-state index in [9.17, 15) is 4.79 Å². The molecule has 1 heterocycles. The van der Waals surface area contributed by atoms with E-state index in [1.807, 2.05) is 17.0 Å². The molecule has 1 amide bonds. The summed E-state index contributed by atoms with van der Waals surface area (Å²) in [6.45, 7) is 1.12. The molecular weight excluding hydrogens is 258 g/mol. The molecule has 0 N–H and O–H groups in total. The zero-order chi connectivity index (χ0) is 14.5. The molecule has 0 spiro atoms. The highest BCUT2D eigenvalue weighted by Gasteiger charge is 2.35. The van der Waals surface area contributed by atoms with Gasteiger partial charge in [0.1, 0.15) is 5.75 Å². The summed E-state index contributed by atoms with van der Waals surface area (Å²) in [6, 6.07) is 7.26. The third-order valence-electron chi connectivity index (χ3n) is 3.65. The molecule has 0 aromatic heterocycles. The summed E-state index contributed by atoms with van der Waals surface area (Å²) in [6.07, 6.45) is 0.879. The summed E-state index contributed by atoms with van der Waals surface area (Å²) in [5, 5.41) is 0. The van der Waals surface area contributed by atoms with Crippen molar-refractivity contribution < 1.29 is 19.0 Å². The number of amides is 1. The number of nitrogens with zero attached hydrogens (tertiary/aromatic N) is 1. The third-order valence-corrected chi connectivity index (χ3v) is 3.65. The Morgan fingerprint density at radius 2 is 2.15 bits per heavy atom. The Bertz CT molecular complexity index is 463. The lowest BCUT2D eigenvalue weighted by molar-refractivity contribution is 0.0612. The highest BCUT2D eigenvalue weighted by atomic mass is 16.5. The number of methoxy groups -OCH3 is 3. The Kier molecular flexibility index (Phi) is 4.98. The van der Waals surface area contributed by atoms with Crippen LogP contribution in [-0.2, 0) is 9.47 Å². The molecule has 0 bridgehead atoms. The first-order chi connectivity index (χ1) is 9.69. The topological polar surface area (TPSA) is 48.0 Å². The second-order valence-electron chi connectivity index (χ2n) is 4.89. The number of rotatable bonds is 5. The average Bonchev–Trinajstić information content (AvgIpc) is 2.90. The van der Waals surface area contributed by atoms with Crippen molar-refractivity contribution in [1.82, 2.24) is 4.90 Å². The van der Waals surface area contributed by atoms with Crippen LogP contribution in [0.5, 0.6) is 5.75 Å². The van der Waals surface area contributed by atoms with Gasteiger partial charge >= 0.3 is 0 Å². The summed E-state index contributed by atoms with van der Waals surface area (Å²) < 4.78 is 15.7. The molecule has 0 aliphatic carbocycles. The Balaban J connectivity index is 2.17. The number of ether oxygens (including phenoxy) is 3. The predicted octanol–water partition coefficient (Wildman–Crippen LogP) is 1.57. The number of likely N-dealkylation sites (tertiary alicyclic amines) is 1. The van der Waals surface area contributed by atoms with Crippen LogP contribution in [0.4, 0.5) is 0 Å². The molecule has 2 atom stereocenters. The fourth-order valence-electron chi connectivity index (χ4n) is 2.57. The van der Waals surface area contributed by atoms with Crippen molar-refractivity contribution in [3.8, 4) is 5.75 Å².